The number of hydrogen-bond acceptors (Lipinski definition) is 4. The number of carbonyl (C=O) groups is 2. The van der Waals surface area contributed by atoms with Gasteiger partial charge in [-0.15, -0.1) is 0 Å². The molecule has 2 rings (SSSR count). The molecule has 0 radical (unpaired) electrons. The molecule has 0 bridgehead atoms. The molecule has 3 N–H and O–H groups in total. The minimum Gasteiger partial charge on any atom is -0.480 e. The van der Waals surface area contributed by atoms with Gasteiger partial charge in [0.25, 0.3) is 5.91 Å². The lowest BCUT2D eigenvalue weighted by atomic mass is 10.1. The Morgan fingerprint density at radius 3 is 2.94 bits per heavy atom. The monoisotopic (exact) mass is 249 g/mol. The second kappa shape index (κ2) is 5.17. The lowest BCUT2D eigenvalue weighted by Gasteiger charge is -2.12. The van der Waals surface area contributed by atoms with Crippen LogP contribution in [0.5, 0.6) is 0 Å². The van der Waals surface area contributed by atoms with Gasteiger partial charge in [0.1, 0.15) is 6.04 Å². The van der Waals surface area contributed by atoms with Gasteiger partial charge in [0.15, 0.2) is 5.76 Å². The van der Waals surface area contributed by atoms with E-state index < -0.39 is 17.9 Å². The Labute approximate surface area is 102 Å². The van der Waals surface area contributed by atoms with Gasteiger partial charge >= 0.3 is 5.97 Å². The molecule has 0 spiro atoms. The maximum absolute atomic E-state index is 11.7. The summed E-state index contributed by atoms with van der Waals surface area (Å²) in [6.45, 7) is 0. The molecule has 2 aromatic rings. The van der Waals surface area contributed by atoms with Crippen molar-refractivity contribution in [2.45, 2.75) is 12.5 Å². The van der Waals surface area contributed by atoms with E-state index in [1.807, 2.05) is 0 Å². The van der Waals surface area contributed by atoms with E-state index in [0.29, 0.717) is 5.69 Å². The Morgan fingerprint density at radius 2 is 2.39 bits per heavy atom. The van der Waals surface area contributed by atoms with Crippen LogP contribution < -0.4 is 5.32 Å². The number of amides is 1. The first-order chi connectivity index (χ1) is 8.66. The number of rotatable bonds is 5. The Balaban J connectivity index is 2.03. The van der Waals surface area contributed by atoms with Crippen LogP contribution in [0, 0.1) is 0 Å². The van der Waals surface area contributed by atoms with E-state index in [1.54, 1.807) is 6.07 Å². The van der Waals surface area contributed by atoms with Crippen LogP contribution >= 0.6 is 0 Å². The maximum atomic E-state index is 11.7. The number of nitrogens with zero attached hydrogens (tertiary/aromatic N) is 1. The molecule has 7 nitrogen and oxygen atoms in total. The van der Waals surface area contributed by atoms with Gasteiger partial charge in [-0.05, 0) is 12.1 Å². The van der Waals surface area contributed by atoms with E-state index in [9.17, 15) is 9.59 Å². The predicted octanol–water partition coefficient (Wildman–Crippen LogP) is 0.428. The van der Waals surface area contributed by atoms with Crippen molar-refractivity contribution in [3.63, 3.8) is 0 Å². The Kier molecular flexibility index (Phi) is 3.42. The van der Waals surface area contributed by atoms with Crippen LogP contribution in [0.3, 0.4) is 0 Å². The zero-order chi connectivity index (χ0) is 13.0. The van der Waals surface area contributed by atoms with E-state index in [2.05, 4.69) is 15.3 Å². The van der Waals surface area contributed by atoms with Gasteiger partial charge in [-0.1, -0.05) is 0 Å². The van der Waals surface area contributed by atoms with Crippen molar-refractivity contribution >= 4 is 11.9 Å². The standard InChI is InChI=1S/C11H11N3O4/c15-10(9-2-1-3-18-9)14-8(11(16)17)4-7-5-12-6-13-7/h1-3,5-6,8H,4H2,(H,12,13)(H,14,15)(H,16,17)/t8-/m0/s1. The molecule has 18 heavy (non-hydrogen) atoms. The van der Waals surface area contributed by atoms with Crippen LogP contribution in [-0.2, 0) is 11.2 Å². The molecule has 94 valence electrons. The normalized spacial score (nSPS) is 12.0. The molecule has 0 unspecified atom stereocenters. The van der Waals surface area contributed by atoms with E-state index in [1.165, 1.54) is 24.9 Å². The highest BCUT2D eigenvalue weighted by molar-refractivity contribution is 5.94. The van der Waals surface area contributed by atoms with Gasteiger partial charge in [-0.3, -0.25) is 4.79 Å². The number of aromatic amines is 1. The molecule has 2 heterocycles. The molecule has 7 heteroatoms. The molecule has 0 saturated carbocycles. The van der Waals surface area contributed by atoms with Crippen LogP contribution in [-0.4, -0.2) is 33.0 Å². The van der Waals surface area contributed by atoms with Crippen molar-refractivity contribution in [2.75, 3.05) is 0 Å². The van der Waals surface area contributed by atoms with Gasteiger partial charge in [0, 0.05) is 18.3 Å². The van der Waals surface area contributed by atoms with E-state index in [4.69, 9.17) is 9.52 Å². The van der Waals surface area contributed by atoms with Gasteiger partial charge < -0.3 is 19.8 Å². The average Bonchev–Trinajstić information content (AvgIpc) is 3.00. The summed E-state index contributed by atoms with van der Waals surface area (Å²) >= 11 is 0. The van der Waals surface area contributed by atoms with E-state index in [0.717, 1.165) is 0 Å². The highest BCUT2D eigenvalue weighted by Gasteiger charge is 2.22. The number of aliphatic carboxylic acids is 1. The first-order valence-corrected chi connectivity index (χ1v) is 5.21. The number of H-pyrrole nitrogens is 1. The van der Waals surface area contributed by atoms with Gasteiger partial charge in [0.05, 0.1) is 12.6 Å². The summed E-state index contributed by atoms with van der Waals surface area (Å²) in [5, 5.41) is 11.4. The molecule has 0 aliphatic rings. The quantitative estimate of drug-likeness (QED) is 0.712. The minimum atomic E-state index is -1.12. The van der Waals surface area contributed by atoms with Crippen molar-refractivity contribution in [3.8, 4) is 0 Å². The number of carbonyl (C=O) groups excluding carboxylic acids is 1. The van der Waals surface area contributed by atoms with Crippen LogP contribution in [0.25, 0.3) is 0 Å². The highest BCUT2D eigenvalue weighted by atomic mass is 16.4. The summed E-state index contributed by atoms with van der Waals surface area (Å²) in [4.78, 5) is 29.3. The predicted molar refractivity (Wildman–Crippen MR) is 59.9 cm³/mol. The summed E-state index contributed by atoms with van der Waals surface area (Å²) in [5.41, 5.74) is 0.627. The first-order valence-electron chi connectivity index (χ1n) is 5.21. The van der Waals surface area contributed by atoms with Crippen molar-refractivity contribution < 1.29 is 19.1 Å². The molecule has 0 aliphatic carbocycles. The Bertz CT molecular complexity index is 518. The first kappa shape index (κ1) is 11.9. The fourth-order valence-electron chi connectivity index (χ4n) is 1.45. The number of furan rings is 1. The summed E-state index contributed by atoms with van der Waals surface area (Å²) in [6.07, 6.45) is 4.43. The lowest BCUT2D eigenvalue weighted by Crippen LogP contribution is -2.42. The molecule has 1 amide bonds. The number of nitrogens with one attached hydrogen (secondary N) is 2. The number of carboxylic acids is 1. The number of imidazole rings is 1. The number of carboxylic acid groups (broad SMARTS) is 1. The van der Waals surface area contributed by atoms with Gasteiger partial charge in [0.2, 0.25) is 0 Å². The molecule has 0 aromatic carbocycles. The second-order valence-electron chi connectivity index (χ2n) is 3.62. The van der Waals surface area contributed by atoms with Crippen molar-refractivity contribution in [1.82, 2.24) is 15.3 Å². The smallest absolute Gasteiger partial charge is 0.326 e. The third-order valence-corrected chi connectivity index (χ3v) is 2.33. The largest absolute Gasteiger partial charge is 0.480 e. The molecular weight excluding hydrogens is 238 g/mol. The van der Waals surface area contributed by atoms with Crippen molar-refractivity contribution in [3.05, 3.63) is 42.4 Å². The lowest BCUT2D eigenvalue weighted by molar-refractivity contribution is -0.139. The molecule has 2 aromatic heterocycles. The fourth-order valence-corrected chi connectivity index (χ4v) is 1.45. The topological polar surface area (TPSA) is 108 Å². The van der Waals surface area contributed by atoms with Crippen molar-refractivity contribution in [2.24, 2.45) is 0 Å². The van der Waals surface area contributed by atoms with Crippen LogP contribution in [0.2, 0.25) is 0 Å². The van der Waals surface area contributed by atoms with Gasteiger partial charge in [-0.2, -0.15) is 0 Å². The molecular formula is C11H11N3O4. The molecule has 0 saturated heterocycles. The third kappa shape index (κ3) is 2.76. The van der Waals surface area contributed by atoms with E-state index >= 15 is 0 Å². The Hall–Kier alpha value is -2.57. The zero-order valence-electron chi connectivity index (χ0n) is 9.29. The van der Waals surface area contributed by atoms with Crippen LogP contribution in [0.15, 0.2) is 35.3 Å². The minimum absolute atomic E-state index is 0.0749. The maximum Gasteiger partial charge on any atom is 0.326 e. The third-order valence-electron chi connectivity index (χ3n) is 2.33. The fraction of sp³-hybridized carbons (Fsp3) is 0.182. The van der Waals surface area contributed by atoms with Crippen LogP contribution in [0.1, 0.15) is 16.2 Å². The molecule has 1 atom stereocenters. The average molecular weight is 249 g/mol. The second-order valence-corrected chi connectivity index (χ2v) is 3.62. The summed E-state index contributed by atoms with van der Waals surface area (Å²) in [6, 6.07) is 1.98. The van der Waals surface area contributed by atoms with Crippen molar-refractivity contribution in [1.29, 1.82) is 0 Å². The van der Waals surface area contributed by atoms with Gasteiger partial charge in [-0.25, -0.2) is 9.78 Å². The summed E-state index contributed by atoms with van der Waals surface area (Å²) < 4.78 is 4.89. The summed E-state index contributed by atoms with van der Waals surface area (Å²) in [7, 11) is 0. The Morgan fingerprint density at radius 1 is 1.56 bits per heavy atom. The number of hydrogen-bond donors (Lipinski definition) is 3. The highest BCUT2D eigenvalue weighted by Crippen LogP contribution is 2.03. The van der Waals surface area contributed by atoms with Crippen LogP contribution in [0.4, 0.5) is 0 Å². The molecule has 0 aliphatic heterocycles. The summed E-state index contributed by atoms with van der Waals surface area (Å²) in [5.74, 6) is -1.61. The SMILES string of the molecule is O=C(N[C@@H](Cc1cnc[nH]1)C(=O)O)c1ccco1. The van der Waals surface area contributed by atoms with E-state index in [-0.39, 0.29) is 12.2 Å². The molecule has 0 fully saturated rings. The number of aromatic nitrogens is 2. The zero-order valence-corrected chi connectivity index (χ0v) is 9.29.